The molecule has 1 fully saturated rings. The Morgan fingerprint density at radius 3 is 2.16 bits per heavy atom. The lowest BCUT2D eigenvalue weighted by molar-refractivity contribution is -0.135. The van der Waals surface area contributed by atoms with E-state index < -0.39 is 5.92 Å². The zero-order valence-electron chi connectivity index (χ0n) is 19.1. The molecule has 166 valence electrons. The van der Waals surface area contributed by atoms with Crippen molar-refractivity contribution in [2.45, 2.75) is 71.1 Å². The summed E-state index contributed by atoms with van der Waals surface area (Å²) < 4.78 is 5.21. The van der Waals surface area contributed by atoms with Crippen molar-refractivity contribution in [3.8, 4) is 16.9 Å². The summed E-state index contributed by atoms with van der Waals surface area (Å²) in [5.74, 6) is 1.19. The molecule has 3 heteroatoms. The van der Waals surface area contributed by atoms with Crippen molar-refractivity contribution in [1.82, 2.24) is 0 Å². The van der Waals surface area contributed by atoms with E-state index in [9.17, 15) is 9.59 Å². The maximum atomic E-state index is 12.8. The number of rotatable bonds is 11. The monoisotopic (exact) mass is 420 g/mol. The van der Waals surface area contributed by atoms with Crippen LogP contribution in [-0.2, 0) is 16.0 Å². The molecule has 2 atom stereocenters. The predicted molar refractivity (Wildman–Crippen MR) is 126 cm³/mol. The minimum Gasteiger partial charge on any atom is -0.497 e. The molecular formula is C28H36O3. The Labute approximate surface area is 187 Å². The molecule has 0 N–H and O–H groups in total. The van der Waals surface area contributed by atoms with Crippen molar-refractivity contribution in [1.29, 1.82) is 0 Å². The second kappa shape index (κ2) is 11.8. The van der Waals surface area contributed by atoms with Gasteiger partial charge in [0.1, 0.15) is 17.3 Å². The van der Waals surface area contributed by atoms with Crippen LogP contribution < -0.4 is 4.74 Å². The molecule has 31 heavy (non-hydrogen) atoms. The summed E-state index contributed by atoms with van der Waals surface area (Å²) in [6, 6.07) is 16.0. The average Bonchev–Trinajstić information content (AvgIpc) is 2.79. The van der Waals surface area contributed by atoms with E-state index in [-0.39, 0.29) is 11.6 Å². The molecule has 1 saturated carbocycles. The van der Waals surface area contributed by atoms with E-state index in [0.29, 0.717) is 18.8 Å². The van der Waals surface area contributed by atoms with Gasteiger partial charge in [-0.05, 0) is 47.6 Å². The molecule has 3 rings (SSSR count). The van der Waals surface area contributed by atoms with E-state index >= 15 is 0 Å². The topological polar surface area (TPSA) is 43.4 Å². The van der Waals surface area contributed by atoms with Gasteiger partial charge in [0, 0.05) is 12.8 Å². The Morgan fingerprint density at radius 1 is 0.903 bits per heavy atom. The second-order valence-corrected chi connectivity index (χ2v) is 8.94. The Bertz CT molecular complexity index is 836. The highest BCUT2D eigenvalue weighted by Gasteiger charge is 2.32. The highest BCUT2D eigenvalue weighted by atomic mass is 16.5. The molecule has 0 saturated heterocycles. The number of carbonyl (C=O) groups excluding carboxylic acids is 2. The van der Waals surface area contributed by atoms with Gasteiger partial charge in [-0.25, -0.2) is 0 Å². The molecule has 2 unspecified atom stereocenters. The van der Waals surface area contributed by atoms with Crippen LogP contribution in [0.1, 0.15) is 70.3 Å². The molecule has 1 aliphatic carbocycles. The van der Waals surface area contributed by atoms with Crippen molar-refractivity contribution in [2.75, 3.05) is 7.11 Å². The molecule has 1 aliphatic rings. The number of methoxy groups -OCH3 is 1. The fourth-order valence-corrected chi connectivity index (χ4v) is 4.64. The van der Waals surface area contributed by atoms with Crippen molar-refractivity contribution in [2.24, 2.45) is 11.8 Å². The molecule has 0 bridgehead atoms. The van der Waals surface area contributed by atoms with Crippen LogP contribution in [0.25, 0.3) is 11.1 Å². The van der Waals surface area contributed by atoms with Gasteiger partial charge < -0.3 is 4.74 Å². The highest BCUT2D eigenvalue weighted by Crippen LogP contribution is 2.31. The number of hydrogen-bond donors (Lipinski definition) is 0. The van der Waals surface area contributed by atoms with Crippen molar-refractivity contribution < 1.29 is 14.3 Å². The van der Waals surface area contributed by atoms with Crippen LogP contribution in [0.15, 0.2) is 48.5 Å². The summed E-state index contributed by atoms with van der Waals surface area (Å²) in [6.07, 6.45) is 10.2. The van der Waals surface area contributed by atoms with Crippen LogP contribution in [-0.4, -0.2) is 18.7 Å². The third-order valence-corrected chi connectivity index (χ3v) is 6.60. The zero-order chi connectivity index (χ0) is 22.1. The summed E-state index contributed by atoms with van der Waals surface area (Å²) in [5, 5.41) is 0. The van der Waals surface area contributed by atoms with Crippen molar-refractivity contribution in [3.63, 3.8) is 0 Å². The lowest BCUT2D eigenvalue weighted by Crippen LogP contribution is -2.32. The fraction of sp³-hybridized carbons (Fsp3) is 0.500. The van der Waals surface area contributed by atoms with E-state index in [1.165, 1.54) is 32.1 Å². The molecule has 0 aromatic heterocycles. The quantitative estimate of drug-likeness (QED) is 0.296. The molecule has 0 spiro atoms. The Morgan fingerprint density at radius 2 is 1.55 bits per heavy atom. The van der Waals surface area contributed by atoms with Crippen LogP contribution >= 0.6 is 0 Å². The zero-order valence-corrected chi connectivity index (χ0v) is 19.1. The standard InChI is InChI=1S/C28H36O3/c1-3-4-5-6-7-8-21-11-18-26(27(29)19-21)28(30)20-22-9-12-23(13-10-22)24-14-16-25(31-2)17-15-24/h9-10,12-17,21,26H,3-8,11,18-20H2,1-2H3. The number of benzene rings is 2. The van der Waals surface area contributed by atoms with Gasteiger partial charge in [-0.15, -0.1) is 0 Å². The molecule has 0 heterocycles. The van der Waals surface area contributed by atoms with Gasteiger partial charge in [0.25, 0.3) is 0 Å². The minimum atomic E-state index is -0.391. The van der Waals surface area contributed by atoms with Gasteiger partial charge in [-0.2, -0.15) is 0 Å². The molecule has 2 aromatic rings. The number of carbonyl (C=O) groups is 2. The van der Waals surface area contributed by atoms with Gasteiger partial charge >= 0.3 is 0 Å². The largest absolute Gasteiger partial charge is 0.497 e. The van der Waals surface area contributed by atoms with Crippen LogP contribution in [0.5, 0.6) is 5.75 Å². The van der Waals surface area contributed by atoms with E-state index in [2.05, 4.69) is 6.92 Å². The van der Waals surface area contributed by atoms with Crippen LogP contribution in [0.2, 0.25) is 0 Å². The Hall–Kier alpha value is -2.42. The molecule has 3 nitrogen and oxygen atoms in total. The summed E-state index contributed by atoms with van der Waals surface area (Å²) in [4.78, 5) is 25.4. The van der Waals surface area contributed by atoms with Crippen LogP contribution in [0, 0.1) is 11.8 Å². The van der Waals surface area contributed by atoms with Gasteiger partial charge in [-0.1, -0.05) is 81.8 Å². The number of unbranched alkanes of at least 4 members (excludes halogenated alkanes) is 4. The molecular weight excluding hydrogens is 384 g/mol. The summed E-state index contributed by atoms with van der Waals surface area (Å²) in [7, 11) is 1.66. The predicted octanol–water partition coefficient (Wildman–Crippen LogP) is 6.82. The first-order valence-electron chi connectivity index (χ1n) is 11.9. The van der Waals surface area contributed by atoms with E-state index in [1.54, 1.807) is 7.11 Å². The average molecular weight is 421 g/mol. The lowest BCUT2D eigenvalue weighted by atomic mass is 9.76. The minimum absolute atomic E-state index is 0.0867. The number of Topliss-reactive ketones (excluding diaryl/α,β-unsaturated/α-hetero) is 2. The normalized spacial score (nSPS) is 18.7. The highest BCUT2D eigenvalue weighted by molar-refractivity contribution is 6.03. The number of ketones is 2. The first-order chi connectivity index (χ1) is 15.1. The van der Waals surface area contributed by atoms with Gasteiger partial charge in [-0.3, -0.25) is 9.59 Å². The van der Waals surface area contributed by atoms with Crippen molar-refractivity contribution >= 4 is 11.6 Å². The van der Waals surface area contributed by atoms with Crippen LogP contribution in [0.4, 0.5) is 0 Å². The molecule has 2 aromatic carbocycles. The number of ether oxygens (including phenoxy) is 1. The second-order valence-electron chi connectivity index (χ2n) is 8.94. The maximum Gasteiger partial charge on any atom is 0.147 e. The first-order valence-corrected chi connectivity index (χ1v) is 11.9. The van der Waals surface area contributed by atoms with Gasteiger partial charge in [0.2, 0.25) is 0 Å². The maximum absolute atomic E-state index is 12.8. The summed E-state index contributed by atoms with van der Waals surface area (Å²) in [6.45, 7) is 2.23. The third-order valence-electron chi connectivity index (χ3n) is 6.60. The van der Waals surface area contributed by atoms with Crippen LogP contribution in [0.3, 0.4) is 0 Å². The third kappa shape index (κ3) is 6.78. The first kappa shape index (κ1) is 23.2. The van der Waals surface area contributed by atoms with Crippen molar-refractivity contribution in [3.05, 3.63) is 54.1 Å². The SMILES string of the molecule is CCCCCCCC1CCC(C(=O)Cc2ccc(-c3ccc(OC)cc3)cc2)C(=O)C1. The fourth-order valence-electron chi connectivity index (χ4n) is 4.64. The Kier molecular flexibility index (Phi) is 8.87. The lowest BCUT2D eigenvalue weighted by Gasteiger charge is -2.26. The molecule has 0 radical (unpaired) electrons. The van der Waals surface area contributed by atoms with E-state index in [4.69, 9.17) is 4.74 Å². The Balaban J connectivity index is 1.48. The summed E-state index contributed by atoms with van der Waals surface area (Å²) in [5.41, 5.74) is 3.20. The summed E-state index contributed by atoms with van der Waals surface area (Å²) >= 11 is 0. The van der Waals surface area contributed by atoms with Gasteiger partial charge in [0.05, 0.1) is 13.0 Å². The van der Waals surface area contributed by atoms with E-state index in [0.717, 1.165) is 41.7 Å². The molecule has 0 aliphatic heterocycles. The molecule has 0 amide bonds. The number of hydrogen-bond acceptors (Lipinski definition) is 3. The smallest absolute Gasteiger partial charge is 0.147 e. The van der Waals surface area contributed by atoms with E-state index in [1.807, 2.05) is 48.5 Å². The van der Waals surface area contributed by atoms with Gasteiger partial charge in [0.15, 0.2) is 0 Å².